The molecule has 94 valence electrons. The van der Waals surface area contributed by atoms with Crippen LogP contribution in [-0.4, -0.2) is 26.0 Å². The third kappa shape index (κ3) is 3.44. The topological polar surface area (TPSA) is 46.2 Å². The maximum atomic E-state index is 11.8. The smallest absolute Gasteiger partial charge is 0.152 e. The molecule has 2 atom stereocenters. The molecular weight excluding hydrogens is 258 g/mol. The SMILES string of the molecule is CC1CCS(=O)(=O)CC(c2cccc(Cl)c2)N1. The zero-order chi connectivity index (χ0) is 12.5. The Kier molecular flexibility index (Phi) is 3.76. The van der Waals surface area contributed by atoms with Crippen LogP contribution in [0.25, 0.3) is 0 Å². The lowest BCUT2D eigenvalue weighted by atomic mass is 10.1. The lowest BCUT2D eigenvalue weighted by Gasteiger charge is -2.19. The molecule has 0 saturated carbocycles. The van der Waals surface area contributed by atoms with Crippen molar-refractivity contribution in [3.8, 4) is 0 Å². The van der Waals surface area contributed by atoms with Crippen LogP contribution in [0.1, 0.15) is 24.9 Å². The maximum Gasteiger partial charge on any atom is 0.152 e. The van der Waals surface area contributed by atoms with E-state index in [9.17, 15) is 8.42 Å². The van der Waals surface area contributed by atoms with E-state index in [1.807, 2.05) is 25.1 Å². The number of benzene rings is 1. The minimum atomic E-state index is -2.97. The van der Waals surface area contributed by atoms with Gasteiger partial charge in [-0.05, 0) is 31.0 Å². The van der Waals surface area contributed by atoms with Gasteiger partial charge < -0.3 is 5.32 Å². The number of halogens is 1. The largest absolute Gasteiger partial charge is 0.307 e. The van der Waals surface area contributed by atoms with Gasteiger partial charge in [0.1, 0.15) is 0 Å². The van der Waals surface area contributed by atoms with Gasteiger partial charge in [-0.2, -0.15) is 0 Å². The maximum absolute atomic E-state index is 11.8. The van der Waals surface area contributed by atoms with Gasteiger partial charge in [0.15, 0.2) is 9.84 Å². The zero-order valence-electron chi connectivity index (χ0n) is 9.69. The normalized spacial score (nSPS) is 28.6. The Morgan fingerprint density at radius 1 is 1.41 bits per heavy atom. The number of hydrogen-bond donors (Lipinski definition) is 1. The summed E-state index contributed by atoms with van der Waals surface area (Å²) in [7, 11) is -2.97. The minimum Gasteiger partial charge on any atom is -0.307 e. The Bertz CT molecular complexity index is 501. The highest BCUT2D eigenvalue weighted by molar-refractivity contribution is 7.91. The van der Waals surface area contributed by atoms with E-state index >= 15 is 0 Å². The number of hydrogen-bond acceptors (Lipinski definition) is 3. The van der Waals surface area contributed by atoms with Gasteiger partial charge in [0.05, 0.1) is 11.5 Å². The first-order chi connectivity index (χ1) is 7.96. The third-order valence-corrected chi connectivity index (χ3v) is 4.95. The van der Waals surface area contributed by atoms with E-state index in [1.165, 1.54) is 0 Å². The summed E-state index contributed by atoms with van der Waals surface area (Å²) in [5, 5.41) is 3.98. The molecule has 2 rings (SSSR count). The summed E-state index contributed by atoms with van der Waals surface area (Å²) in [6, 6.07) is 7.43. The zero-order valence-corrected chi connectivity index (χ0v) is 11.3. The van der Waals surface area contributed by atoms with Gasteiger partial charge in [-0.3, -0.25) is 0 Å². The summed E-state index contributed by atoms with van der Waals surface area (Å²) in [6.45, 7) is 2.01. The van der Waals surface area contributed by atoms with Crippen molar-refractivity contribution in [1.29, 1.82) is 0 Å². The van der Waals surface area contributed by atoms with Crippen LogP contribution in [0, 0.1) is 0 Å². The minimum absolute atomic E-state index is 0.150. The lowest BCUT2D eigenvalue weighted by molar-refractivity contribution is 0.484. The van der Waals surface area contributed by atoms with Crippen LogP contribution < -0.4 is 5.32 Å². The fourth-order valence-corrected chi connectivity index (χ4v) is 3.96. The van der Waals surface area contributed by atoms with E-state index in [0.29, 0.717) is 11.4 Å². The fraction of sp³-hybridized carbons (Fsp3) is 0.500. The average molecular weight is 274 g/mol. The molecule has 0 bridgehead atoms. The molecule has 17 heavy (non-hydrogen) atoms. The predicted octanol–water partition coefficient (Wildman–Crippen LogP) is 2.18. The molecule has 1 N–H and O–H groups in total. The predicted molar refractivity (Wildman–Crippen MR) is 70.1 cm³/mol. The van der Waals surface area contributed by atoms with E-state index in [0.717, 1.165) is 5.56 Å². The molecule has 1 fully saturated rings. The Morgan fingerprint density at radius 3 is 2.88 bits per heavy atom. The molecule has 0 aromatic heterocycles. The molecule has 1 aromatic rings. The molecule has 1 heterocycles. The summed E-state index contributed by atoms with van der Waals surface area (Å²) in [5.41, 5.74) is 0.940. The molecule has 1 saturated heterocycles. The molecule has 3 nitrogen and oxygen atoms in total. The number of sulfone groups is 1. The molecule has 0 radical (unpaired) electrons. The van der Waals surface area contributed by atoms with Crippen molar-refractivity contribution in [2.45, 2.75) is 25.4 Å². The molecule has 0 spiro atoms. The lowest BCUT2D eigenvalue weighted by Crippen LogP contribution is -2.30. The average Bonchev–Trinajstić information content (AvgIpc) is 2.38. The van der Waals surface area contributed by atoms with Crippen molar-refractivity contribution in [3.05, 3.63) is 34.9 Å². The van der Waals surface area contributed by atoms with Crippen molar-refractivity contribution in [2.75, 3.05) is 11.5 Å². The molecule has 0 aliphatic carbocycles. The first kappa shape index (κ1) is 12.9. The van der Waals surface area contributed by atoms with E-state index in [4.69, 9.17) is 11.6 Å². The van der Waals surface area contributed by atoms with Crippen molar-refractivity contribution >= 4 is 21.4 Å². The molecule has 5 heteroatoms. The van der Waals surface area contributed by atoms with Gasteiger partial charge in [-0.15, -0.1) is 0 Å². The molecule has 1 aliphatic heterocycles. The summed E-state index contributed by atoms with van der Waals surface area (Å²) in [5.74, 6) is 0.413. The number of rotatable bonds is 1. The molecular formula is C12H16ClNO2S. The standard InChI is InChI=1S/C12H16ClNO2S/c1-9-5-6-17(15,16)8-12(14-9)10-3-2-4-11(13)7-10/h2-4,7,9,12,14H,5-6,8H2,1H3. The van der Waals surface area contributed by atoms with Gasteiger partial charge in [-0.25, -0.2) is 8.42 Å². The van der Waals surface area contributed by atoms with Crippen molar-refractivity contribution in [2.24, 2.45) is 0 Å². The van der Waals surface area contributed by atoms with E-state index in [-0.39, 0.29) is 23.6 Å². The quantitative estimate of drug-likeness (QED) is 0.853. The Morgan fingerprint density at radius 2 is 2.18 bits per heavy atom. The Balaban J connectivity index is 2.30. The van der Waals surface area contributed by atoms with Crippen LogP contribution in [0.4, 0.5) is 0 Å². The Labute approximate surface area is 107 Å². The van der Waals surface area contributed by atoms with E-state index < -0.39 is 9.84 Å². The summed E-state index contributed by atoms with van der Waals surface area (Å²) in [6.07, 6.45) is 0.666. The third-order valence-electron chi connectivity index (χ3n) is 3.02. The second-order valence-electron chi connectivity index (χ2n) is 4.58. The Hall–Kier alpha value is -0.580. The highest BCUT2D eigenvalue weighted by Gasteiger charge is 2.26. The van der Waals surface area contributed by atoms with E-state index in [1.54, 1.807) is 6.07 Å². The van der Waals surface area contributed by atoms with Gasteiger partial charge >= 0.3 is 0 Å². The fourth-order valence-electron chi connectivity index (χ4n) is 2.08. The van der Waals surface area contributed by atoms with Crippen molar-refractivity contribution in [1.82, 2.24) is 5.32 Å². The summed E-state index contributed by atoms with van der Waals surface area (Å²) >= 11 is 5.94. The van der Waals surface area contributed by atoms with E-state index in [2.05, 4.69) is 5.32 Å². The molecule has 2 unspecified atom stereocenters. The van der Waals surface area contributed by atoms with Crippen molar-refractivity contribution in [3.63, 3.8) is 0 Å². The highest BCUT2D eigenvalue weighted by atomic mass is 35.5. The van der Waals surface area contributed by atoms with Crippen LogP contribution in [0.2, 0.25) is 5.02 Å². The van der Waals surface area contributed by atoms with Gasteiger partial charge in [0.2, 0.25) is 0 Å². The summed E-state index contributed by atoms with van der Waals surface area (Å²) in [4.78, 5) is 0. The highest BCUT2D eigenvalue weighted by Crippen LogP contribution is 2.23. The molecule has 1 aromatic carbocycles. The van der Waals surface area contributed by atoms with Crippen LogP contribution in [-0.2, 0) is 9.84 Å². The monoisotopic (exact) mass is 273 g/mol. The molecule has 0 amide bonds. The second kappa shape index (κ2) is 4.96. The van der Waals surface area contributed by atoms with Crippen LogP contribution in [0.3, 0.4) is 0 Å². The van der Waals surface area contributed by atoms with Crippen molar-refractivity contribution < 1.29 is 8.42 Å². The summed E-state index contributed by atoms with van der Waals surface area (Å²) < 4.78 is 23.6. The number of nitrogens with one attached hydrogen (secondary N) is 1. The van der Waals surface area contributed by atoms with Gasteiger partial charge in [0, 0.05) is 17.1 Å². The first-order valence-electron chi connectivity index (χ1n) is 5.68. The van der Waals surface area contributed by atoms with Crippen LogP contribution >= 0.6 is 11.6 Å². The first-order valence-corrected chi connectivity index (χ1v) is 7.88. The second-order valence-corrected chi connectivity index (χ2v) is 7.24. The van der Waals surface area contributed by atoms with Gasteiger partial charge in [0.25, 0.3) is 0 Å². The van der Waals surface area contributed by atoms with Gasteiger partial charge in [-0.1, -0.05) is 23.7 Å². The van der Waals surface area contributed by atoms with Crippen LogP contribution in [0.5, 0.6) is 0 Å². The van der Waals surface area contributed by atoms with Crippen LogP contribution in [0.15, 0.2) is 24.3 Å². The molecule has 1 aliphatic rings.